The summed E-state index contributed by atoms with van der Waals surface area (Å²) >= 11 is 0. The van der Waals surface area contributed by atoms with Crippen molar-refractivity contribution in [3.8, 4) is 11.5 Å². The van der Waals surface area contributed by atoms with Crippen molar-refractivity contribution >= 4 is 35.6 Å². The van der Waals surface area contributed by atoms with Crippen molar-refractivity contribution in [3.63, 3.8) is 0 Å². The van der Waals surface area contributed by atoms with Crippen molar-refractivity contribution in [2.75, 3.05) is 40.2 Å². The van der Waals surface area contributed by atoms with Crippen molar-refractivity contribution < 1.29 is 9.47 Å². The van der Waals surface area contributed by atoms with Crippen LogP contribution >= 0.6 is 24.0 Å². The number of nitrogens with one attached hydrogen (secondary N) is 1. The minimum atomic E-state index is 0. The summed E-state index contributed by atoms with van der Waals surface area (Å²) < 4.78 is 10.5. The van der Waals surface area contributed by atoms with Crippen molar-refractivity contribution in [2.24, 2.45) is 10.7 Å². The van der Waals surface area contributed by atoms with Crippen LogP contribution in [0.1, 0.15) is 11.6 Å². The molecule has 0 heterocycles. The van der Waals surface area contributed by atoms with E-state index in [2.05, 4.69) is 21.3 Å². The molecule has 1 atom stereocenters. The van der Waals surface area contributed by atoms with Gasteiger partial charge in [0.1, 0.15) is 11.5 Å². The molecule has 142 valence electrons. The smallest absolute Gasteiger partial charge is 0.193 e. The molecule has 2 aromatic carbocycles. The molecule has 0 aliphatic carbocycles. The lowest BCUT2D eigenvalue weighted by atomic mass is 10.1. The highest BCUT2D eigenvalue weighted by atomic mass is 127. The molecule has 0 aliphatic heterocycles. The number of methoxy groups -OCH3 is 2. The topological polar surface area (TPSA) is 72.1 Å². The number of aliphatic imine (C=N–C) groups is 1. The van der Waals surface area contributed by atoms with Crippen LogP contribution in [0.5, 0.6) is 11.5 Å². The lowest BCUT2D eigenvalue weighted by Crippen LogP contribution is -2.27. The van der Waals surface area contributed by atoms with Gasteiger partial charge in [-0.15, -0.1) is 24.0 Å². The fourth-order valence-corrected chi connectivity index (χ4v) is 2.49. The third-order valence-electron chi connectivity index (χ3n) is 3.88. The average molecular weight is 470 g/mol. The minimum Gasteiger partial charge on any atom is -0.497 e. The highest BCUT2D eigenvalue weighted by Gasteiger charge is 2.14. The van der Waals surface area contributed by atoms with Crippen LogP contribution in [0.15, 0.2) is 53.5 Å². The first-order valence-corrected chi connectivity index (χ1v) is 8.05. The summed E-state index contributed by atoms with van der Waals surface area (Å²) in [4.78, 5) is 6.60. The molecule has 0 bridgehead atoms. The van der Waals surface area contributed by atoms with Gasteiger partial charge < -0.3 is 25.4 Å². The Hall–Kier alpha value is -2.00. The van der Waals surface area contributed by atoms with Crippen LogP contribution in [0, 0.1) is 0 Å². The van der Waals surface area contributed by atoms with Gasteiger partial charge in [-0.25, -0.2) is 0 Å². The van der Waals surface area contributed by atoms with E-state index in [1.807, 2.05) is 56.6 Å². The zero-order valence-electron chi connectivity index (χ0n) is 15.6. The van der Waals surface area contributed by atoms with E-state index in [0.29, 0.717) is 12.5 Å². The van der Waals surface area contributed by atoms with Crippen LogP contribution < -0.4 is 20.5 Å². The van der Waals surface area contributed by atoms with Crippen LogP contribution in [0.2, 0.25) is 0 Å². The number of hydrogen-bond donors (Lipinski definition) is 2. The largest absolute Gasteiger partial charge is 0.497 e. The normalized spacial score (nSPS) is 12.3. The summed E-state index contributed by atoms with van der Waals surface area (Å²) in [5.74, 6) is 1.96. The van der Waals surface area contributed by atoms with Crippen molar-refractivity contribution in [1.29, 1.82) is 0 Å². The van der Waals surface area contributed by atoms with E-state index < -0.39 is 0 Å². The number of nitrogens with zero attached hydrogens (tertiary/aromatic N) is 2. The second kappa shape index (κ2) is 10.9. The van der Waals surface area contributed by atoms with E-state index in [0.717, 1.165) is 22.7 Å². The van der Waals surface area contributed by atoms with Crippen molar-refractivity contribution in [2.45, 2.75) is 6.04 Å². The van der Waals surface area contributed by atoms with E-state index in [1.165, 1.54) is 0 Å². The standard InChI is InChI=1S/C19H26N4O2.HI/c1-23(2)18(14-7-5-9-16(11-14)24-3)13-21-19(20)22-15-8-6-10-17(12-15)25-4;/h5-12,18H,13H2,1-4H3,(H3,20,21,22);1H. The van der Waals surface area contributed by atoms with Gasteiger partial charge in [-0.1, -0.05) is 18.2 Å². The van der Waals surface area contributed by atoms with Crippen LogP contribution in [0.3, 0.4) is 0 Å². The van der Waals surface area contributed by atoms with Gasteiger partial charge in [-0.05, 0) is 43.9 Å². The number of guanidine groups is 1. The zero-order valence-corrected chi connectivity index (χ0v) is 17.9. The van der Waals surface area contributed by atoms with Gasteiger partial charge in [0.15, 0.2) is 5.96 Å². The molecule has 0 fully saturated rings. The minimum absolute atomic E-state index is 0. The molecule has 0 amide bonds. The molecule has 0 saturated carbocycles. The third-order valence-corrected chi connectivity index (χ3v) is 3.88. The number of rotatable bonds is 7. The maximum absolute atomic E-state index is 6.03. The predicted octanol–water partition coefficient (Wildman–Crippen LogP) is 3.35. The number of hydrogen-bond acceptors (Lipinski definition) is 4. The molecular formula is C19H27IN4O2. The molecular weight excluding hydrogens is 443 g/mol. The molecule has 3 N–H and O–H groups in total. The second-order valence-electron chi connectivity index (χ2n) is 5.84. The Morgan fingerprint density at radius 1 is 1.08 bits per heavy atom. The van der Waals surface area contributed by atoms with E-state index in [4.69, 9.17) is 15.2 Å². The van der Waals surface area contributed by atoms with Crippen LogP contribution in [0.4, 0.5) is 5.69 Å². The lowest BCUT2D eigenvalue weighted by molar-refractivity contribution is 0.305. The third kappa shape index (κ3) is 6.38. The number of halogens is 1. The number of ether oxygens (including phenoxy) is 2. The van der Waals surface area contributed by atoms with Gasteiger partial charge in [0.25, 0.3) is 0 Å². The molecule has 0 aliphatic rings. The Labute approximate surface area is 172 Å². The van der Waals surface area contributed by atoms with Crippen molar-refractivity contribution in [1.82, 2.24) is 4.90 Å². The Morgan fingerprint density at radius 3 is 2.31 bits per heavy atom. The number of likely N-dealkylation sites (N-methyl/N-ethyl adjacent to an activating group) is 1. The molecule has 6 nitrogen and oxygen atoms in total. The van der Waals surface area contributed by atoms with E-state index in [1.54, 1.807) is 14.2 Å². The first-order chi connectivity index (χ1) is 12.0. The van der Waals surface area contributed by atoms with Crippen LogP contribution in [-0.4, -0.2) is 45.7 Å². The maximum atomic E-state index is 6.03. The van der Waals surface area contributed by atoms with Gasteiger partial charge in [-0.2, -0.15) is 0 Å². The van der Waals surface area contributed by atoms with Gasteiger partial charge in [0, 0.05) is 11.8 Å². The molecule has 7 heteroatoms. The van der Waals surface area contributed by atoms with E-state index >= 15 is 0 Å². The number of nitrogens with two attached hydrogens (primary N) is 1. The number of benzene rings is 2. The Kier molecular flexibility index (Phi) is 9.22. The summed E-state index contributed by atoms with van der Waals surface area (Å²) in [6, 6.07) is 15.6. The molecule has 0 saturated heterocycles. The summed E-state index contributed by atoms with van der Waals surface area (Å²) in [5, 5.41) is 3.09. The van der Waals surface area contributed by atoms with Gasteiger partial charge in [0.05, 0.1) is 26.8 Å². The molecule has 0 aromatic heterocycles. The molecule has 26 heavy (non-hydrogen) atoms. The van der Waals surface area contributed by atoms with Gasteiger partial charge in [0.2, 0.25) is 0 Å². The van der Waals surface area contributed by atoms with Crippen molar-refractivity contribution in [3.05, 3.63) is 54.1 Å². The maximum Gasteiger partial charge on any atom is 0.193 e. The van der Waals surface area contributed by atoms with E-state index in [9.17, 15) is 0 Å². The fraction of sp³-hybridized carbons (Fsp3) is 0.316. The fourth-order valence-electron chi connectivity index (χ4n) is 2.49. The predicted molar refractivity (Wildman–Crippen MR) is 118 cm³/mol. The number of anilines is 1. The van der Waals surface area contributed by atoms with Crippen LogP contribution in [-0.2, 0) is 0 Å². The first kappa shape index (κ1) is 22.0. The lowest BCUT2D eigenvalue weighted by Gasteiger charge is -2.23. The quantitative estimate of drug-likeness (QED) is 0.369. The zero-order chi connectivity index (χ0) is 18.2. The molecule has 0 spiro atoms. The summed E-state index contributed by atoms with van der Waals surface area (Å²) in [5.41, 5.74) is 8.00. The Bertz CT molecular complexity index is 722. The molecule has 2 aromatic rings. The molecule has 1 unspecified atom stereocenters. The molecule has 2 rings (SSSR count). The highest BCUT2D eigenvalue weighted by Crippen LogP contribution is 2.23. The van der Waals surface area contributed by atoms with E-state index in [-0.39, 0.29) is 30.0 Å². The van der Waals surface area contributed by atoms with Gasteiger partial charge >= 0.3 is 0 Å². The Morgan fingerprint density at radius 2 is 1.69 bits per heavy atom. The second-order valence-corrected chi connectivity index (χ2v) is 5.84. The summed E-state index contributed by atoms with van der Waals surface area (Å²) in [6.45, 7) is 0.531. The van der Waals surface area contributed by atoms with Gasteiger partial charge in [-0.3, -0.25) is 4.99 Å². The monoisotopic (exact) mass is 470 g/mol. The van der Waals surface area contributed by atoms with Crippen LogP contribution in [0.25, 0.3) is 0 Å². The highest BCUT2D eigenvalue weighted by molar-refractivity contribution is 14.0. The summed E-state index contributed by atoms with van der Waals surface area (Å²) in [7, 11) is 7.33. The molecule has 0 radical (unpaired) electrons. The first-order valence-electron chi connectivity index (χ1n) is 8.05. The Balaban J connectivity index is 0.00000338. The SMILES string of the molecule is COc1cccc(NC(N)=NCC(c2cccc(OC)c2)N(C)C)c1.I. The average Bonchev–Trinajstić information content (AvgIpc) is 2.62. The summed E-state index contributed by atoms with van der Waals surface area (Å²) in [6.07, 6.45) is 0.